The lowest BCUT2D eigenvalue weighted by Crippen LogP contribution is -2.41. The minimum Gasteiger partial charge on any atom is -0.473 e. The van der Waals surface area contributed by atoms with Crippen LogP contribution in [0.15, 0.2) is 42.6 Å². The van der Waals surface area contributed by atoms with Crippen LogP contribution in [-0.2, 0) is 0 Å². The minimum atomic E-state index is 0.0802. The number of piperidine rings is 1. The molecular weight excluding hydrogens is 304 g/mol. The van der Waals surface area contributed by atoms with Crippen molar-refractivity contribution in [3.63, 3.8) is 0 Å². The van der Waals surface area contributed by atoms with E-state index in [1.807, 2.05) is 48.2 Å². The molecule has 24 heavy (non-hydrogen) atoms. The second-order valence-electron chi connectivity index (χ2n) is 6.12. The van der Waals surface area contributed by atoms with Crippen LogP contribution in [0.2, 0.25) is 0 Å². The minimum absolute atomic E-state index is 0.0802. The maximum absolute atomic E-state index is 12.7. The lowest BCUT2D eigenvalue weighted by Gasteiger charge is -2.32. The van der Waals surface area contributed by atoms with Crippen LogP contribution in [0.5, 0.6) is 5.88 Å². The molecule has 1 saturated heterocycles. The van der Waals surface area contributed by atoms with Crippen molar-refractivity contribution < 1.29 is 9.53 Å². The highest BCUT2D eigenvalue weighted by Gasteiger charge is 2.25. The van der Waals surface area contributed by atoms with Gasteiger partial charge < -0.3 is 14.5 Å². The first-order valence-electron chi connectivity index (χ1n) is 8.14. The molecule has 0 atom stereocenters. The molecule has 1 aromatic carbocycles. The molecule has 0 N–H and O–H groups in total. The summed E-state index contributed by atoms with van der Waals surface area (Å²) in [5, 5.41) is 7.76. The Balaban J connectivity index is 1.58. The number of hydrogen-bond acceptors (Lipinski definition) is 5. The Labute approximate surface area is 142 Å². The van der Waals surface area contributed by atoms with Gasteiger partial charge >= 0.3 is 0 Å². The molecule has 2 heterocycles. The molecule has 6 heteroatoms. The van der Waals surface area contributed by atoms with Crippen molar-refractivity contribution in [3.8, 4) is 5.88 Å². The summed E-state index contributed by atoms with van der Waals surface area (Å²) in [7, 11) is 3.94. The summed E-state index contributed by atoms with van der Waals surface area (Å²) < 4.78 is 5.82. The van der Waals surface area contributed by atoms with Crippen LogP contribution in [0.25, 0.3) is 0 Å². The van der Waals surface area contributed by atoms with Gasteiger partial charge in [-0.1, -0.05) is 6.07 Å². The third-order valence-corrected chi connectivity index (χ3v) is 4.17. The Bertz CT molecular complexity index is 682. The van der Waals surface area contributed by atoms with E-state index in [0.717, 1.165) is 24.1 Å². The molecule has 0 saturated carbocycles. The summed E-state index contributed by atoms with van der Waals surface area (Å²) in [6.07, 6.45) is 3.31. The molecule has 6 nitrogen and oxygen atoms in total. The molecule has 1 aliphatic heterocycles. The van der Waals surface area contributed by atoms with Crippen molar-refractivity contribution in [2.75, 3.05) is 32.1 Å². The number of anilines is 1. The molecule has 1 fully saturated rings. The first-order chi connectivity index (χ1) is 11.6. The van der Waals surface area contributed by atoms with Gasteiger partial charge in [-0.3, -0.25) is 4.79 Å². The zero-order valence-electron chi connectivity index (χ0n) is 14.1. The molecule has 3 rings (SSSR count). The van der Waals surface area contributed by atoms with Gasteiger partial charge in [-0.2, -0.15) is 5.10 Å². The van der Waals surface area contributed by atoms with E-state index in [9.17, 15) is 4.79 Å². The highest BCUT2D eigenvalue weighted by Crippen LogP contribution is 2.20. The standard InChI is InChI=1S/C18H22N4O2/c1-21(2)15-6-3-5-14(13-15)18(23)22-11-8-16(9-12-22)24-17-7-4-10-19-20-17/h3-7,10,13,16H,8-9,11-12H2,1-2H3. The SMILES string of the molecule is CN(C)c1cccc(C(=O)N2CCC(Oc3cccnn3)CC2)c1. The van der Waals surface area contributed by atoms with Gasteiger partial charge in [-0.25, -0.2) is 0 Å². The predicted octanol–water partition coefficient (Wildman–Crippen LogP) is 2.23. The van der Waals surface area contributed by atoms with Gasteiger partial charge in [0.1, 0.15) is 6.10 Å². The van der Waals surface area contributed by atoms with E-state index in [4.69, 9.17) is 4.74 Å². The molecule has 2 aromatic rings. The van der Waals surface area contributed by atoms with Crippen molar-refractivity contribution in [2.24, 2.45) is 0 Å². The summed E-state index contributed by atoms with van der Waals surface area (Å²) in [6.45, 7) is 1.38. The Morgan fingerprint density at radius 1 is 1.21 bits per heavy atom. The van der Waals surface area contributed by atoms with Crippen LogP contribution >= 0.6 is 0 Å². The van der Waals surface area contributed by atoms with Crippen LogP contribution in [0.4, 0.5) is 5.69 Å². The average Bonchev–Trinajstić information content (AvgIpc) is 2.63. The zero-order chi connectivity index (χ0) is 16.9. The van der Waals surface area contributed by atoms with Crippen LogP contribution in [0, 0.1) is 0 Å². The van der Waals surface area contributed by atoms with Crippen molar-refractivity contribution in [2.45, 2.75) is 18.9 Å². The first-order valence-corrected chi connectivity index (χ1v) is 8.14. The summed E-state index contributed by atoms with van der Waals surface area (Å²) in [6, 6.07) is 11.3. The van der Waals surface area contributed by atoms with Gasteiger partial charge in [-0.05, 0) is 24.3 Å². The molecule has 126 valence electrons. The van der Waals surface area contributed by atoms with Gasteiger partial charge in [0, 0.05) is 63.5 Å². The maximum atomic E-state index is 12.7. The lowest BCUT2D eigenvalue weighted by molar-refractivity contribution is 0.0586. The quantitative estimate of drug-likeness (QED) is 0.862. The number of amides is 1. The summed E-state index contributed by atoms with van der Waals surface area (Å²) in [5.41, 5.74) is 1.76. The summed E-state index contributed by atoms with van der Waals surface area (Å²) in [5.74, 6) is 0.623. The number of rotatable bonds is 4. The monoisotopic (exact) mass is 326 g/mol. The van der Waals surface area contributed by atoms with Gasteiger partial charge in [0.05, 0.1) is 0 Å². The fourth-order valence-corrected chi connectivity index (χ4v) is 2.80. The molecule has 0 unspecified atom stereocenters. The highest BCUT2D eigenvalue weighted by atomic mass is 16.5. The van der Waals surface area contributed by atoms with Crippen molar-refractivity contribution in [1.82, 2.24) is 15.1 Å². The van der Waals surface area contributed by atoms with Gasteiger partial charge in [0.15, 0.2) is 0 Å². The van der Waals surface area contributed by atoms with Crippen LogP contribution < -0.4 is 9.64 Å². The number of carbonyl (C=O) groups excluding carboxylic acids is 1. The van der Waals surface area contributed by atoms with E-state index < -0.39 is 0 Å². The summed E-state index contributed by atoms with van der Waals surface area (Å²) in [4.78, 5) is 16.6. The second-order valence-corrected chi connectivity index (χ2v) is 6.12. The molecular formula is C18H22N4O2. The first kappa shape index (κ1) is 16.2. The van der Waals surface area contributed by atoms with Crippen LogP contribution in [0.3, 0.4) is 0 Å². The predicted molar refractivity (Wildman–Crippen MR) is 92.4 cm³/mol. The summed E-state index contributed by atoms with van der Waals surface area (Å²) >= 11 is 0. The zero-order valence-corrected chi connectivity index (χ0v) is 14.1. The fraction of sp³-hybridized carbons (Fsp3) is 0.389. The molecule has 0 radical (unpaired) electrons. The number of carbonyl (C=O) groups is 1. The molecule has 1 amide bonds. The highest BCUT2D eigenvalue weighted by molar-refractivity contribution is 5.95. The number of likely N-dealkylation sites (tertiary alicyclic amines) is 1. The van der Waals surface area contributed by atoms with E-state index >= 15 is 0 Å². The number of nitrogens with zero attached hydrogens (tertiary/aromatic N) is 4. The molecule has 0 aliphatic carbocycles. The molecule has 1 aliphatic rings. The fourth-order valence-electron chi connectivity index (χ4n) is 2.80. The largest absolute Gasteiger partial charge is 0.473 e. The number of hydrogen-bond donors (Lipinski definition) is 0. The smallest absolute Gasteiger partial charge is 0.253 e. The van der Waals surface area contributed by atoms with Crippen molar-refractivity contribution >= 4 is 11.6 Å². The van der Waals surface area contributed by atoms with Gasteiger partial charge in [0.2, 0.25) is 5.88 Å². The number of ether oxygens (including phenoxy) is 1. The second kappa shape index (κ2) is 7.29. The molecule has 1 aromatic heterocycles. The normalized spacial score (nSPS) is 15.2. The Kier molecular flexibility index (Phi) is 4.93. The number of benzene rings is 1. The maximum Gasteiger partial charge on any atom is 0.253 e. The Morgan fingerprint density at radius 3 is 2.67 bits per heavy atom. The Morgan fingerprint density at radius 2 is 2.00 bits per heavy atom. The average molecular weight is 326 g/mol. The van der Waals surface area contributed by atoms with E-state index in [-0.39, 0.29) is 12.0 Å². The molecule has 0 bridgehead atoms. The third kappa shape index (κ3) is 3.82. The van der Waals surface area contributed by atoms with Crippen molar-refractivity contribution in [1.29, 1.82) is 0 Å². The van der Waals surface area contributed by atoms with Crippen molar-refractivity contribution in [3.05, 3.63) is 48.2 Å². The molecule has 0 spiro atoms. The van der Waals surface area contributed by atoms with E-state index in [0.29, 0.717) is 19.0 Å². The lowest BCUT2D eigenvalue weighted by atomic mass is 10.1. The van der Waals surface area contributed by atoms with Gasteiger partial charge in [0.25, 0.3) is 5.91 Å². The van der Waals surface area contributed by atoms with Crippen LogP contribution in [-0.4, -0.2) is 54.3 Å². The van der Waals surface area contributed by atoms with Gasteiger partial charge in [-0.15, -0.1) is 5.10 Å². The topological polar surface area (TPSA) is 58.6 Å². The van der Waals surface area contributed by atoms with E-state index in [1.165, 1.54) is 0 Å². The van der Waals surface area contributed by atoms with E-state index in [1.54, 1.807) is 18.3 Å². The number of aromatic nitrogens is 2. The van der Waals surface area contributed by atoms with Crippen LogP contribution in [0.1, 0.15) is 23.2 Å². The van der Waals surface area contributed by atoms with E-state index in [2.05, 4.69) is 10.2 Å². The Hall–Kier alpha value is -2.63. The third-order valence-electron chi connectivity index (χ3n) is 4.17.